The van der Waals surface area contributed by atoms with Crippen LogP contribution in [0, 0.1) is 11.3 Å². The lowest BCUT2D eigenvalue weighted by atomic mass is 10.5. The van der Waals surface area contributed by atoms with E-state index in [-0.39, 0.29) is 5.91 Å². The number of carbonyl (C=O) groups is 1. The molecule has 0 saturated carbocycles. The van der Waals surface area contributed by atoms with Crippen LogP contribution in [-0.4, -0.2) is 32.6 Å². The van der Waals surface area contributed by atoms with Crippen molar-refractivity contribution in [2.24, 2.45) is 0 Å². The number of amides is 1. The first-order chi connectivity index (χ1) is 6.83. The van der Waals surface area contributed by atoms with Gasteiger partial charge >= 0.3 is 0 Å². The summed E-state index contributed by atoms with van der Waals surface area (Å²) in [5.74, 6) is 1.13. The fraction of sp³-hybridized carbons (Fsp3) is 0.429. The van der Waals surface area contributed by atoms with Gasteiger partial charge in [0, 0.05) is 0 Å². The van der Waals surface area contributed by atoms with E-state index in [0.717, 1.165) is 0 Å². The molecule has 0 aliphatic carbocycles. The van der Waals surface area contributed by atoms with Crippen LogP contribution in [0.4, 0.5) is 0 Å². The Kier molecular flexibility index (Phi) is 4.50. The molecular formula is C7H9N5OS. The van der Waals surface area contributed by atoms with Crippen molar-refractivity contribution >= 4 is 17.7 Å². The molecule has 0 bridgehead atoms. The van der Waals surface area contributed by atoms with Crippen LogP contribution in [0.15, 0.2) is 6.33 Å². The van der Waals surface area contributed by atoms with Crippen LogP contribution in [0.5, 0.6) is 0 Å². The summed E-state index contributed by atoms with van der Waals surface area (Å²) in [5.41, 5.74) is 0. The second-order valence-electron chi connectivity index (χ2n) is 2.36. The van der Waals surface area contributed by atoms with Gasteiger partial charge in [-0.05, 0) is 0 Å². The Morgan fingerprint density at radius 2 is 2.64 bits per heavy atom. The van der Waals surface area contributed by atoms with E-state index in [1.165, 1.54) is 18.1 Å². The number of carbonyl (C=O) groups excluding carboxylic acids is 1. The number of rotatable bonds is 5. The Labute approximate surface area is 85.1 Å². The second-order valence-corrected chi connectivity index (χ2v) is 3.35. The van der Waals surface area contributed by atoms with E-state index in [4.69, 9.17) is 5.26 Å². The van der Waals surface area contributed by atoms with Crippen molar-refractivity contribution in [1.29, 1.82) is 5.26 Å². The number of nitrogens with zero attached hydrogens (tertiary/aromatic N) is 3. The highest BCUT2D eigenvalue weighted by atomic mass is 32.2. The molecule has 1 amide bonds. The van der Waals surface area contributed by atoms with E-state index in [1.54, 1.807) is 0 Å². The van der Waals surface area contributed by atoms with Gasteiger partial charge in [-0.1, -0.05) is 0 Å². The molecule has 0 aliphatic rings. The summed E-state index contributed by atoms with van der Waals surface area (Å²) in [4.78, 5) is 15.0. The van der Waals surface area contributed by atoms with Gasteiger partial charge in [-0.2, -0.15) is 10.4 Å². The summed E-state index contributed by atoms with van der Waals surface area (Å²) < 4.78 is 0. The quantitative estimate of drug-likeness (QED) is 0.651. The average molecular weight is 211 g/mol. The molecule has 6 nitrogen and oxygen atoms in total. The van der Waals surface area contributed by atoms with Gasteiger partial charge in [-0.25, -0.2) is 4.98 Å². The summed E-state index contributed by atoms with van der Waals surface area (Å²) in [7, 11) is 0. The van der Waals surface area contributed by atoms with Crippen molar-refractivity contribution in [1.82, 2.24) is 20.5 Å². The monoisotopic (exact) mass is 211 g/mol. The van der Waals surface area contributed by atoms with Gasteiger partial charge in [0.25, 0.3) is 0 Å². The van der Waals surface area contributed by atoms with Crippen LogP contribution in [0.25, 0.3) is 0 Å². The summed E-state index contributed by atoms with van der Waals surface area (Å²) >= 11 is 1.28. The number of hydrogen-bond acceptors (Lipinski definition) is 5. The molecule has 0 saturated heterocycles. The third-order valence-electron chi connectivity index (χ3n) is 1.32. The Bertz CT molecular complexity index is 317. The average Bonchev–Trinajstić information content (AvgIpc) is 2.68. The number of aromatic amines is 1. The lowest BCUT2D eigenvalue weighted by Gasteiger charge is -2.00. The van der Waals surface area contributed by atoms with Crippen molar-refractivity contribution in [3.05, 3.63) is 12.2 Å². The molecule has 14 heavy (non-hydrogen) atoms. The Morgan fingerprint density at radius 1 is 1.79 bits per heavy atom. The largest absolute Gasteiger partial charge is 0.348 e. The predicted octanol–water partition coefficient (Wildman–Crippen LogP) is -0.322. The van der Waals surface area contributed by atoms with Gasteiger partial charge < -0.3 is 5.32 Å². The summed E-state index contributed by atoms with van der Waals surface area (Å²) in [6.07, 6.45) is 1.38. The van der Waals surface area contributed by atoms with E-state index in [0.29, 0.717) is 23.9 Å². The molecule has 0 atom stereocenters. The molecular weight excluding hydrogens is 202 g/mol. The van der Waals surface area contributed by atoms with Crippen molar-refractivity contribution in [3.8, 4) is 6.07 Å². The smallest absolute Gasteiger partial charge is 0.230 e. The number of H-pyrrole nitrogens is 1. The van der Waals surface area contributed by atoms with Crippen LogP contribution in [0.2, 0.25) is 0 Å². The van der Waals surface area contributed by atoms with E-state index < -0.39 is 0 Å². The van der Waals surface area contributed by atoms with Crippen molar-refractivity contribution in [3.63, 3.8) is 0 Å². The van der Waals surface area contributed by atoms with Crippen LogP contribution >= 0.6 is 11.8 Å². The standard InChI is InChI=1S/C7H9N5OS/c8-1-2-14-4-7(13)9-3-6-10-5-11-12-6/h5H,2-4H2,(H,9,13)(H,10,11,12). The number of nitrogens with one attached hydrogen (secondary N) is 2. The van der Waals surface area contributed by atoms with Crippen LogP contribution < -0.4 is 5.32 Å². The summed E-state index contributed by atoms with van der Waals surface area (Å²) in [6, 6.07) is 1.95. The minimum atomic E-state index is -0.110. The van der Waals surface area contributed by atoms with E-state index in [9.17, 15) is 4.79 Å². The van der Waals surface area contributed by atoms with Gasteiger partial charge in [-0.15, -0.1) is 11.8 Å². The maximum atomic E-state index is 11.1. The molecule has 0 aromatic carbocycles. The molecule has 1 rings (SSSR count). The molecule has 74 valence electrons. The number of hydrogen-bond donors (Lipinski definition) is 2. The summed E-state index contributed by atoms with van der Waals surface area (Å²) in [6.45, 7) is 0.339. The molecule has 1 aromatic rings. The van der Waals surface area contributed by atoms with Crippen LogP contribution in [0.3, 0.4) is 0 Å². The van der Waals surface area contributed by atoms with Gasteiger partial charge in [0.15, 0.2) is 0 Å². The third-order valence-corrected chi connectivity index (χ3v) is 2.12. The van der Waals surface area contributed by atoms with Gasteiger partial charge in [0.1, 0.15) is 12.2 Å². The SMILES string of the molecule is N#CCSCC(=O)NCc1ncn[nH]1. The van der Waals surface area contributed by atoms with Crippen molar-refractivity contribution in [2.45, 2.75) is 6.54 Å². The maximum Gasteiger partial charge on any atom is 0.230 e. The molecule has 0 fully saturated rings. The van der Waals surface area contributed by atoms with Gasteiger partial charge in [0.2, 0.25) is 5.91 Å². The molecule has 0 aliphatic heterocycles. The second kappa shape index (κ2) is 5.99. The minimum absolute atomic E-state index is 0.110. The molecule has 7 heteroatoms. The van der Waals surface area contributed by atoms with Gasteiger partial charge in [0.05, 0.1) is 24.1 Å². The van der Waals surface area contributed by atoms with Gasteiger partial charge in [-0.3, -0.25) is 9.89 Å². The lowest BCUT2D eigenvalue weighted by molar-refractivity contribution is -0.118. The zero-order chi connectivity index (χ0) is 10.2. The first-order valence-electron chi connectivity index (χ1n) is 3.88. The Hall–Kier alpha value is -1.55. The molecule has 0 radical (unpaired) electrons. The highest BCUT2D eigenvalue weighted by molar-refractivity contribution is 8.00. The molecule has 1 heterocycles. The van der Waals surface area contributed by atoms with Crippen molar-refractivity contribution in [2.75, 3.05) is 11.5 Å². The minimum Gasteiger partial charge on any atom is -0.348 e. The first kappa shape index (κ1) is 10.5. The normalized spacial score (nSPS) is 9.36. The Morgan fingerprint density at radius 3 is 3.29 bits per heavy atom. The lowest BCUT2D eigenvalue weighted by Crippen LogP contribution is -2.25. The zero-order valence-electron chi connectivity index (χ0n) is 7.36. The number of thioether (sulfide) groups is 1. The highest BCUT2D eigenvalue weighted by Gasteiger charge is 2.01. The van der Waals surface area contributed by atoms with E-state index in [2.05, 4.69) is 20.5 Å². The van der Waals surface area contributed by atoms with Crippen LogP contribution in [0.1, 0.15) is 5.82 Å². The fourth-order valence-electron chi connectivity index (χ4n) is 0.739. The first-order valence-corrected chi connectivity index (χ1v) is 5.04. The number of aromatic nitrogens is 3. The van der Waals surface area contributed by atoms with Crippen LogP contribution in [-0.2, 0) is 11.3 Å². The van der Waals surface area contributed by atoms with Crippen molar-refractivity contribution < 1.29 is 4.79 Å². The highest BCUT2D eigenvalue weighted by Crippen LogP contribution is 1.96. The Balaban J connectivity index is 2.13. The molecule has 1 aromatic heterocycles. The topological polar surface area (TPSA) is 94.5 Å². The third kappa shape index (κ3) is 3.91. The van der Waals surface area contributed by atoms with E-state index in [1.807, 2.05) is 6.07 Å². The molecule has 0 spiro atoms. The zero-order valence-corrected chi connectivity index (χ0v) is 8.17. The predicted molar refractivity (Wildman–Crippen MR) is 51.2 cm³/mol. The molecule has 0 unspecified atom stereocenters. The number of nitriles is 1. The summed E-state index contributed by atoms with van der Waals surface area (Å²) in [5, 5.41) is 17.1. The molecule has 2 N–H and O–H groups in total. The van der Waals surface area contributed by atoms with E-state index >= 15 is 0 Å². The maximum absolute atomic E-state index is 11.1. The fourth-order valence-corrected chi connectivity index (χ4v) is 1.22.